The summed E-state index contributed by atoms with van der Waals surface area (Å²) in [5.74, 6) is -0.377. The number of amides is 3. The van der Waals surface area contributed by atoms with Gasteiger partial charge in [0.1, 0.15) is 11.8 Å². The van der Waals surface area contributed by atoms with Crippen LogP contribution >= 0.6 is 0 Å². The number of carbonyl (C=O) groups excluding carboxylic acids is 3. The summed E-state index contributed by atoms with van der Waals surface area (Å²) in [7, 11) is 1.52. The summed E-state index contributed by atoms with van der Waals surface area (Å²) in [4.78, 5) is 38.8. The summed E-state index contributed by atoms with van der Waals surface area (Å²) in [5.41, 5.74) is 1.20. The maximum Gasteiger partial charge on any atom is 0.251 e. The Hall–Kier alpha value is -3.35. The molecule has 0 aliphatic carbocycles. The minimum absolute atomic E-state index is 0.0217. The van der Waals surface area contributed by atoms with Crippen LogP contribution in [0.15, 0.2) is 54.6 Å². The quantitative estimate of drug-likeness (QED) is 0.798. The third-order valence-electron chi connectivity index (χ3n) is 4.66. The van der Waals surface area contributed by atoms with Crippen molar-refractivity contribution in [2.45, 2.75) is 25.4 Å². The van der Waals surface area contributed by atoms with E-state index in [0.717, 1.165) is 5.69 Å². The average molecular weight is 381 g/mol. The van der Waals surface area contributed by atoms with Crippen LogP contribution in [0.2, 0.25) is 0 Å². The smallest absolute Gasteiger partial charge is 0.251 e. The summed E-state index contributed by atoms with van der Waals surface area (Å²) < 4.78 is 5.09. The first-order chi connectivity index (χ1) is 13.5. The van der Waals surface area contributed by atoms with Crippen LogP contribution in [0.3, 0.4) is 0 Å². The number of para-hydroxylation sites is 1. The number of rotatable bonds is 6. The number of nitrogens with zero attached hydrogens (tertiary/aromatic N) is 1. The van der Waals surface area contributed by atoms with Crippen LogP contribution in [0.1, 0.15) is 23.7 Å². The molecule has 7 heteroatoms. The number of carbonyl (C=O) groups is 3. The Bertz CT molecular complexity index is 869. The Balaban J connectivity index is 1.55. The van der Waals surface area contributed by atoms with Crippen LogP contribution in [0.5, 0.6) is 5.75 Å². The molecule has 0 saturated carbocycles. The minimum atomic E-state index is -0.601. The van der Waals surface area contributed by atoms with Gasteiger partial charge in [0.2, 0.25) is 11.8 Å². The van der Waals surface area contributed by atoms with Gasteiger partial charge in [0.05, 0.1) is 13.7 Å². The first-order valence-corrected chi connectivity index (χ1v) is 9.09. The average Bonchev–Trinajstić information content (AvgIpc) is 2.99. The molecule has 0 bridgehead atoms. The van der Waals surface area contributed by atoms with E-state index in [9.17, 15) is 14.4 Å². The Morgan fingerprint density at radius 3 is 2.61 bits per heavy atom. The molecular weight excluding hydrogens is 358 g/mol. The van der Waals surface area contributed by atoms with E-state index in [2.05, 4.69) is 10.6 Å². The van der Waals surface area contributed by atoms with E-state index in [1.165, 1.54) is 7.11 Å². The van der Waals surface area contributed by atoms with E-state index in [1.807, 2.05) is 37.3 Å². The summed E-state index contributed by atoms with van der Waals surface area (Å²) in [6.07, 6.45) is 0.517. The molecule has 1 saturated heterocycles. The molecular formula is C21H23N3O4. The number of nitrogens with one attached hydrogen (secondary N) is 2. The number of hydrogen-bond acceptors (Lipinski definition) is 4. The summed E-state index contributed by atoms with van der Waals surface area (Å²) >= 11 is 0. The molecule has 3 amide bonds. The maximum atomic E-state index is 12.7. The summed E-state index contributed by atoms with van der Waals surface area (Å²) in [6.45, 7) is 1.74. The lowest BCUT2D eigenvalue weighted by Crippen LogP contribution is -2.45. The largest absolute Gasteiger partial charge is 0.497 e. The van der Waals surface area contributed by atoms with Crippen LogP contribution in [0.4, 0.5) is 5.69 Å². The molecule has 146 valence electrons. The van der Waals surface area contributed by atoms with Gasteiger partial charge in [0.25, 0.3) is 5.91 Å². The van der Waals surface area contributed by atoms with Gasteiger partial charge in [-0.1, -0.05) is 24.3 Å². The Morgan fingerprint density at radius 2 is 1.89 bits per heavy atom. The van der Waals surface area contributed by atoms with Crippen molar-refractivity contribution in [1.29, 1.82) is 0 Å². The van der Waals surface area contributed by atoms with Crippen molar-refractivity contribution in [2.24, 2.45) is 0 Å². The van der Waals surface area contributed by atoms with Crippen LogP contribution < -0.4 is 20.3 Å². The highest BCUT2D eigenvalue weighted by atomic mass is 16.5. The molecule has 3 rings (SSSR count). The maximum absolute atomic E-state index is 12.7. The first kappa shape index (κ1) is 19.4. The topological polar surface area (TPSA) is 87.7 Å². The highest BCUT2D eigenvalue weighted by Crippen LogP contribution is 2.26. The number of methoxy groups -OCH3 is 1. The predicted octanol–water partition coefficient (Wildman–Crippen LogP) is 1.74. The molecule has 0 radical (unpaired) electrons. The second kappa shape index (κ2) is 8.56. The van der Waals surface area contributed by atoms with Crippen molar-refractivity contribution < 1.29 is 19.1 Å². The highest BCUT2D eigenvalue weighted by Gasteiger charge is 2.38. The van der Waals surface area contributed by atoms with Gasteiger partial charge in [-0.15, -0.1) is 0 Å². The van der Waals surface area contributed by atoms with Crippen molar-refractivity contribution in [3.63, 3.8) is 0 Å². The third-order valence-corrected chi connectivity index (χ3v) is 4.66. The molecule has 1 fully saturated rings. The zero-order chi connectivity index (χ0) is 20.1. The molecule has 2 unspecified atom stereocenters. The molecule has 2 aromatic rings. The van der Waals surface area contributed by atoms with Gasteiger partial charge in [-0.2, -0.15) is 0 Å². The Labute approximate surface area is 163 Å². The van der Waals surface area contributed by atoms with Gasteiger partial charge in [-0.3, -0.25) is 14.4 Å². The standard InChI is InChI=1S/C21H23N3O4/c1-14-11-18(21(27)24(14)16-8-4-3-5-9-16)23-19(25)13-22-20(26)15-7-6-10-17(12-15)28-2/h3-10,12,14,18H,11,13H2,1-2H3,(H,22,26)(H,23,25). The van der Waals surface area contributed by atoms with Crippen LogP contribution in [-0.2, 0) is 9.59 Å². The fourth-order valence-corrected chi connectivity index (χ4v) is 3.30. The molecule has 1 aliphatic heterocycles. The van der Waals surface area contributed by atoms with Gasteiger partial charge in [-0.05, 0) is 43.7 Å². The second-order valence-corrected chi connectivity index (χ2v) is 6.66. The lowest BCUT2D eigenvalue weighted by molar-refractivity contribution is -0.125. The van der Waals surface area contributed by atoms with Crippen LogP contribution in [0.25, 0.3) is 0 Å². The lowest BCUT2D eigenvalue weighted by atomic mass is 10.2. The zero-order valence-corrected chi connectivity index (χ0v) is 15.8. The molecule has 0 aromatic heterocycles. The molecule has 0 spiro atoms. The molecule has 7 nitrogen and oxygen atoms in total. The number of ether oxygens (including phenoxy) is 1. The van der Waals surface area contributed by atoms with Crippen molar-refractivity contribution in [1.82, 2.24) is 10.6 Å². The third kappa shape index (κ3) is 4.31. The van der Waals surface area contributed by atoms with Gasteiger partial charge in [-0.25, -0.2) is 0 Å². The van der Waals surface area contributed by atoms with Crippen LogP contribution in [0, 0.1) is 0 Å². The van der Waals surface area contributed by atoms with E-state index in [4.69, 9.17) is 4.74 Å². The van der Waals surface area contributed by atoms with E-state index < -0.39 is 11.9 Å². The minimum Gasteiger partial charge on any atom is -0.497 e. The van der Waals surface area contributed by atoms with Gasteiger partial charge in [0, 0.05) is 17.3 Å². The molecule has 28 heavy (non-hydrogen) atoms. The van der Waals surface area contributed by atoms with Gasteiger partial charge < -0.3 is 20.3 Å². The van der Waals surface area contributed by atoms with Crippen molar-refractivity contribution in [3.8, 4) is 5.75 Å². The lowest BCUT2D eigenvalue weighted by Gasteiger charge is -2.21. The molecule has 1 aliphatic rings. The molecule has 2 aromatic carbocycles. The van der Waals surface area contributed by atoms with E-state index in [1.54, 1.807) is 29.2 Å². The number of hydrogen-bond donors (Lipinski definition) is 2. The first-order valence-electron chi connectivity index (χ1n) is 9.09. The monoisotopic (exact) mass is 381 g/mol. The Kier molecular flexibility index (Phi) is 5.93. The fourth-order valence-electron chi connectivity index (χ4n) is 3.30. The van der Waals surface area contributed by atoms with Crippen molar-refractivity contribution in [3.05, 3.63) is 60.2 Å². The fraction of sp³-hybridized carbons (Fsp3) is 0.286. The molecule has 2 atom stereocenters. The predicted molar refractivity (Wildman–Crippen MR) is 105 cm³/mol. The molecule has 2 N–H and O–H groups in total. The number of anilines is 1. The van der Waals surface area contributed by atoms with E-state index in [0.29, 0.717) is 17.7 Å². The van der Waals surface area contributed by atoms with E-state index >= 15 is 0 Å². The van der Waals surface area contributed by atoms with Crippen molar-refractivity contribution in [2.75, 3.05) is 18.6 Å². The molecule has 1 heterocycles. The Morgan fingerprint density at radius 1 is 1.14 bits per heavy atom. The van der Waals surface area contributed by atoms with Gasteiger partial charge in [0.15, 0.2) is 0 Å². The second-order valence-electron chi connectivity index (χ2n) is 6.66. The van der Waals surface area contributed by atoms with Crippen LogP contribution in [-0.4, -0.2) is 43.5 Å². The summed E-state index contributed by atoms with van der Waals surface area (Å²) in [6, 6.07) is 15.4. The highest BCUT2D eigenvalue weighted by molar-refractivity contribution is 6.02. The SMILES string of the molecule is COc1cccc(C(=O)NCC(=O)NC2CC(C)N(c3ccccc3)C2=O)c1. The number of benzene rings is 2. The van der Waals surface area contributed by atoms with E-state index in [-0.39, 0.29) is 24.4 Å². The summed E-state index contributed by atoms with van der Waals surface area (Å²) in [5, 5.41) is 5.28. The van der Waals surface area contributed by atoms with Crippen molar-refractivity contribution >= 4 is 23.4 Å². The van der Waals surface area contributed by atoms with Gasteiger partial charge >= 0.3 is 0 Å². The normalized spacial score (nSPS) is 18.6. The zero-order valence-electron chi connectivity index (χ0n) is 15.8.